The van der Waals surface area contributed by atoms with Crippen LogP contribution in [0, 0.1) is 0 Å². The zero-order valence-electron chi connectivity index (χ0n) is 10.8. The molecule has 0 saturated heterocycles. The molecule has 2 aromatic rings. The van der Waals surface area contributed by atoms with Gasteiger partial charge >= 0.3 is 0 Å². The standard InChI is InChI=1S/C15H13N3O/c1-10-16-14(15(19)18(10)2)9-12-8-7-11-5-3-4-6-13(11)17-12/h3-9H,1-2H3/b14-9+. The van der Waals surface area contributed by atoms with Gasteiger partial charge in [-0.05, 0) is 25.1 Å². The summed E-state index contributed by atoms with van der Waals surface area (Å²) in [5.41, 5.74) is 2.09. The molecule has 1 aromatic heterocycles. The van der Waals surface area contributed by atoms with Crippen LogP contribution in [0.2, 0.25) is 0 Å². The summed E-state index contributed by atoms with van der Waals surface area (Å²) in [4.78, 5) is 22.2. The number of amides is 1. The summed E-state index contributed by atoms with van der Waals surface area (Å²) in [5, 5.41) is 1.08. The lowest BCUT2D eigenvalue weighted by Gasteiger charge is -2.06. The van der Waals surface area contributed by atoms with Crippen LogP contribution in [0.5, 0.6) is 0 Å². The van der Waals surface area contributed by atoms with Crippen molar-refractivity contribution in [2.75, 3.05) is 7.05 Å². The number of hydrogen-bond acceptors (Lipinski definition) is 3. The number of amidine groups is 1. The molecule has 0 atom stereocenters. The van der Waals surface area contributed by atoms with E-state index in [9.17, 15) is 4.79 Å². The molecule has 1 aliphatic heterocycles. The van der Waals surface area contributed by atoms with Crippen molar-refractivity contribution in [3.8, 4) is 0 Å². The fraction of sp³-hybridized carbons (Fsp3) is 0.133. The smallest absolute Gasteiger partial charge is 0.277 e. The molecular formula is C15H13N3O. The second-order valence-electron chi connectivity index (χ2n) is 4.48. The van der Waals surface area contributed by atoms with E-state index in [1.54, 1.807) is 13.1 Å². The Morgan fingerprint density at radius 3 is 2.68 bits per heavy atom. The molecule has 1 aromatic carbocycles. The average molecular weight is 251 g/mol. The topological polar surface area (TPSA) is 45.6 Å². The third-order valence-corrected chi connectivity index (χ3v) is 3.20. The summed E-state index contributed by atoms with van der Waals surface area (Å²) in [6.07, 6.45) is 1.72. The molecule has 19 heavy (non-hydrogen) atoms. The van der Waals surface area contributed by atoms with E-state index in [-0.39, 0.29) is 5.91 Å². The van der Waals surface area contributed by atoms with Crippen LogP contribution in [0.3, 0.4) is 0 Å². The van der Waals surface area contributed by atoms with Gasteiger partial charge in [-0.2, -0.15) is 0 Å². The van der Waals surface area contributed by atoms with E-state index in [2.05, 4.69) is 9.98 Å². The summed E-state index contributed by atoms with van der Waals surface area (Å²) in [5.74, 6) is 0.615. The number of benzene rings is 1. The van der Waals surface area contributed by atoms with Crippen molar-refractivity contribution >= 4 is 28.7 Å². The van der Waals surface area contributed by atoms with Crippen LogP contribution >= 0.6 is 0 Å². The number of likely N-dealkylation sites (N-methyl/N-ethyl adjacent to an activating group) is 1. The maximum Gasteiger partial charge on any atom is 0.277 e. The van der Waals surface area contributed by atoms with Gasteiger partial charge in [-0.15, -0.1) is 0 Å². The van der Waals surface area contributed by atoms with Crippen molar-refractivity contribution in [1.29, 1.82) is 0 Å². The van der Waals surface area contributed by atoms with E-state index in [4.69, 9.17) is 0 Å². The molecule has 1 amide bonds. The molecule has 0 N–H and O–H groups in total. The Bertz CT molecular complexity index is 731. The molecule has 4 heteroatoms. The highest BCUT2D eigenvalue weighted by molar-refractivity contribution is 6.13. The summed E-state index contributed by atoms with van der Waals surface area (Å²) in [6, 6.07) is 11.8. The Morgan fingerprint density at radius 2 is 1.95 bits per heavy atom. The zero-order valence-corrected chi connectivity index (χ0v) is 10.8. The van der Waals surface area contributed by atoms with E-state index in [0.717, 1.165) is 16.6 Å². The highest BCUT2D eigenvalue weighted by Gasteiger charge is 2.23. The molecular weight excluding hydrogens is 238 g/mol. The van der Waals surface area contributed by atoms with Crippen LogP contribution in [0.4, 0.5) is 0 Å². The maximum absolute atomic E-state index is 11.9. The number of hydrogen-bond donors (Lipinski definition) is 0. The fourth-order valence-electron chi connectivity index (χ4n) is 2.01. The minimum atomic E-state index is -0.0903. The van der Waals surface area contributed by atoms with Gasteiger partial charge in [0, 0.05) is 12.4 Å². The van der Waals surface area contributed by atoms with Crippen molar-refractivity contribution in [3.05, 3.63) is 47.8 Å². The number of aliphatic imine (C=N–C) groups is 1. The number of fused-ring (bicyclic) bond motifs is 1. The average Bonchev–Trinajstić information content (AvgIpc) is 2.66. The Labute approximate surface area is 111 Å². The van der Waals surface area contributed by atoms with Crippen molar-refractivity contribution in [2.45, 2.75) is 6.92 Å². The number of carbonyl (C=O) groups excluding carboxylic acids is 1. The molecule has 4 nitrogen and oxygen atoms in total. The Morgan fingerprint density at radius 1 is 1.16 bits per heavy atom. The van der Waals surface area contributed by atoms with Crippen LogP contribution < -0.4 is 0 Å². The minimum absolute atomic E-state index is 0.0903. The Balaban J connectivity index is 2.04. The number of para-hydroxylation sites is 1. The first-order valence-corrected chi connectivity index (χ1v) is 6.06. The van der Waals surface area contributed by atoms with Gasteiger partial charge in [-0.1, -0.05) is 24.3 Å². The molecule has 0 aliphatic carbocycles. The molecule has 0 radical (unpaired) electrons. The van der Waals surface area contributed by atoms with E-state index in [1.165, 1.54) is 4.90 Å². The molecule has 3 rings (SSSR count). The number of aromatic nitrogens is 1. The number of rotatable bonds is 1. The molecule has 0 bridgehead atoms. The maximum atomic E-state index is 11.9. The highest BCUT2D eigenvalue weighted by Crippen LogP contribution is 2.18. The largest absolute Gasteiger partial charge is 0.298 e. The lowest BCUT2D eigenvalue weighted by molar-refractivity contribution is -0.121. The number of nitrogens with zero attached hydrogens (tertiary/aromatic N) is 3. The number of pyridine rings is 1. The molecule has 1 aliphatic rings. The molecule has 0 spiro atoms. The second kappa shape index (κ2) is 4.31. The molecule has 94 valence electrons. The first-order valence-electron chi connectivity index (χ1n) is 6.06. The Kier molecular flexibility index (Phi) is 2.63. The van der Waals surface area contributed by atoms with Crippen LogP contribution in [0.1, 0.15) is 12.6 Å². The van der Waals surface area contributed by atoms with Crippen molar-refractivity contribution < 1.29 is 4.79 Å². The molecule has 0 unspecified atom stereocenters. The van der Waals surface area contributed by atoms with Gasteiger partial charge in [0.2, 0.25) is 0 Å². The van der Waals surface area contributed by atoms with E-state index >= 15 is 0 Å². The van der Waals surface area contributed by atoms with Crippen LogP contribution in [-0.2, 0) is 4.79 Å². The summed E-state index contributed by atoms with van der Waals surface area (Å²) in [6.45, 7) is 1.81. The van der Waals surface area contributed by atoms with E-state index < -0.39 is 0 Å². The summed E-state index contributed by atoms with van der Waals surface area (Å²) >= 11 is 0. The lowest BCUT2D eigenvalue weighted by Crippen LogP contribution is -2.25. The zero-order chi connectivity index (χ0) is 13.4. The predicted molar refractivity (Wildman–Crippen MR) is 75.6 cm³/mol. The minimum Gasteiger partial charge on any atom is -0.298 e. The lowest BCUT2D eigenvalue weighted by atomic mass is 10.2. The molecule has 0 fully saturated rings. The van der Waals surface area contributed by atoms with Gasteiger partial charge in [0.1, 0.15) is 11.5 Å². The second-order valence-corrected chi connectivity index (χ2v) is 4.48. The summed E-state index contributed by atoms with van der Waals surface area (Å²) in [7, 11) is 1.72. The van der Waals surface area contributed by atoms with Gasteiger partial charge in [0.05, 0.1) is 11.2 Å². The third kappa shape index (κ3) is 2.01. The Hall–Kier alpha value is -2.49. The van der Waals surface area contributed by atoms with E-state index in [1.807, 2.05) is 43.3 Å². The molecule has 2 heterocycles. The normalized spacial score (nSPS) is 17.4. The van der Waals surface area contributed by atoms with E-state index in [0.29, 0.717) is 11.5 Å². The van der Waals surface area contributed by atoms with Crippen LogP contribution in [0.15, 0.2) is 47.1 Å². The predicted octanol–water partition coefficient (Wildman–Crippen LogP) is 2.47. The van der Waals surface area contributed by atoms with Crippen LogP contribution in [0.25, 0.3) is 17.0 Å². The van der Waals surface area contributed by atoms with Crippen molar-refractivity contribution in [1.82, 2.24) is 9.88 Å². The van der Waals surface area contributed by atoms with Gasteiger partial charge in [0.25, 0.3) is 5.91 Å². The quantitative estimate of drug-likeness (QED) is 0.731. The SMILES string of the molecule is CC1=N/C(=C/c2ccc3ccccc3n2)C(=O)N1C. The van der Waals surface area contributed by atoms with Gasteiger partial charge in [-0.25, -0.2) is 9.98 Å². The highest BCUT2D eigenvalue weighted by atomic mass is 16.2. The summed E-state index contributed by atoms with van der Waals surface area (Å²) < 4.78 is 0. The van der Waals surface area contributed by atoms with Crippen LogP contribution in [-0.4, -0.2) is 28.7 Å². The van der Waals surface area contributed by atoms with Gasteiger partial charge in [0.15, 0.2) is 0 Å². The molecule has 0 saturated carbocycles. The van der Waals surface area contributed by atoms with Crippen molar-refractivity contribution in [2.24, 2.45) is 4.99 Å². The third-order valence-electron chi connectivity index (χ3n) is 3.20. The monoisotopic (exact) mass is 251 g/mol. The fourth-order valence-corrected chi connectivity index (χ4v) is 2.01. The first kappa shape index (κ1) is 11.6. The van der Waals surface area contributed by atoms with Crippen molar-refractivity contribution in [3.63, 3.8) is 0 Å². The van der Waals surface area contributed by atoms with Gasteiger partial charge in [-0.3, -0.25) is 9.69 Å². The number of carbonyl (C=O) groups is 1. The first-order chi connectivity index (χ1) is 9.15. The van der Waals surface area contributed by atoms with Gasteiger partial charge < -0.3 is 0 Å².